The molecule has 1 amide bonds. The summed E-state index contributed by atoms with van der Waals surface area (Å²) in [5, 5.41) is 2.88. The van der Waals surface area contributed by atoms with Gasteiger partial charge in [-0.15, -0.1) is 0 Å². The molecule has 0 fully saturated rings. The van der Waals surface area contributed by atoms with Gasteiger partial charge in [-0.2, -0.15) is 0 Å². The maximum absolute atomic E-state index is 11.9. The Morgan fingerprint density at radius 1 is 1.22 bits per heavy atom. The third-order valence-electron chi connectivity index (χ3n) is 3.58. The van der Waals surface area contributed by atoms with E-state index in [0.29, 0.717) is 12.1 Å². The number of Topliss-reactive ketones (excluding diaryl/α,β-unsaturated/α-hetero) is 1. The van der Waals surface area contributed by atoms with Gasteiger partial charge in [0.15, 0.2) is 5.78 Å². The molecule has 144 valence electrons. The monoisotopic (exact) mass is 390 g/mol. The molecule has 3 N–H and O–H groups in total. The highest BCUT2D eigenvalue weighted by Gasteiger charge is 2.22. The lowest BCUT2D eigenvalue weighted by Crippen LogP contribution is -2.43. The maximum atomic E-state index is 11.9. The fraction of sp³-hybridized carbons (Fsp3) is 0.368. The SMILES string of the molecule is CC(=O)[C@H](Cc1ccc(-c2cc(Cl)nc(N)n2)cc1)NC(=O)OC(C)(C)C. The smallest absolute Gasteiger partial charge is 0.408 e. The summed E-state index contributed by atoms with van der Waals surface area (Å²) in [7, 11) is 0. The molecule has 1 heterocycles. The second kappa shape index (κ2) is 8.35. The summed E-state index contributed by atoms with van der Waals surface area (Å²) < 4.78 is 5.21. The quantitative estimate of drug-likeness (QED) is 0.757. The van der Waals surface area contributed by atoms with Gasteiger partial charge in [-0.1, -0.05) is 35.9 Å². The first-order valence-corrected chi connectivity index (χ1v) is 8.80. The number of alkyl carbamates (subject to hydrolysis) is 1. The lowest BCUT2D eigenvalue weighted by atomic mass is 10.0. The number of hydrogen-bond acceptors (Lipinski definition) is 6. The molecule has 0 saturated heterocycles. The van der Waals surface area contributed by atoms with E-state index in [9.17, 15) is 9.59 Å². The van der Waals surface area contributed by atoms with Crippen LogP contribution in [0.4, 0.5) is 10.7 Å². The Morgan fingerprint density at radius 2 is 1.85 bits per heavy atom. The van der Waals surface area contributed by atoms with Crippen LogP contribution in [0, 0.1) is 0 Å². The summed E-state index contributed by atoms with van der Waals surface area (Å²) in [5.74, 6) is -0.0555. The Bertz CT molecular complexity index is 812. The number of carbonyl (C=O) groups is 2. The second-order valence-corrected chi connectivity index (χ2v) is 7.53. The molecule has 0 bridgehead atoms. The number of hydrogen-bond donors (Lipinski definition) is 2. The summed E-state index contributed by atoms with van der Waals surface area (Å²) in [4.78, 5) is 31.8. The Hall–Kier alpha value is -2.67. The van der Waals surface area contributed by atoms with E-state index < -0.39 is 17.7 Å². The second-order valence-electron chi connectivity index (χ2n) is 7.14. The zero-order valence-corrected chi connectivity index (χ0v) is 16.5. The van der Waals surface area contributed by atoms with E-state index in [1.165, 1.54) is 6.92 Å². The van der Waals surface area contributed by atoms with Crippen molar-refractivity contribution in [1.29, 1.82) is 0 Å². The van der Waals surface area contributed by atoms with Crippen molar-refractivity contribution in [3.63, 3.8) is 0 Å². The number of carbonyl (C=O) groups excluding carboxylic acids is 2. The predicted octanol–water partition coefficient (Wildman–Crippen LogP) is 3.40. The summed E-state index contributed by atoms with van der Waals surface area (Å²) in [6, 6.07) is 8.35. The number of nitrogens with zero attached hydrogens (tertiary/aromatic N) is 2. The van der Waals surface area contributed by atoms with E-state index in [-0.39, 0.29) is 16.9 Å². The first-order chi connectivity index (χ1) is 12.5. The average molecular weight is 391 g/mol. The zero-order chi connectivity index (χ0) is 20.2. The Balaban J connectivity index is 2.10. The van der Waals surface area contributed by atoms with E-state index in [1.807, 2.05) is 24.3 Å². The molecule has 1 aromatic carbocycles. The van der Waals surface area contributed by atoms with Crippen LogP contribution in [-0.4, -0.2) is 33.5 Å². The number of ether oxygens (including phenoxy) is 1. The van der Waals surface area contributed by atoms with E-state index in [1.54, 1.807) is 26.8 Å². The molecule has 0 aliphatic rings. The molecule has 7 nitrogen and oxygen atoms in total. The van der Waals surface area contributed by atoms with E-state index in [0.717, 1.165) is 11.1 Å². The van der Waals surface area contributed by atoms with Crippen molar-refractivity contribution in [3.05, 3.63) is 41.0 Å². The number of aromatic nitrogens is 2. The molecule has 0 aliphatic carbocycles. The number of nitrogens with two attached hydrogens (primary N) is 1. The average Bonchev–Trinajstić information content (AvgIpc) is 2.52. The number of anilines is 1. The number of benzene rings is 1. The van der Waals surface area contributed by atoms with Crippen molar-refractivity contribution < 1.29 is 14.3 Å². The third kappa shape index (κ3) is 6.53. The molecule has 2 aromatic rings. The van der Waals surface area contributed by atoms with Gasteiger partial charge in [0.1, 0.15) is 10.8 Å². The fourth-order valence-corrected chi connectivity index (χ4v) is 2.57. The van der Waals surface area contributed by atoms with Crippen LogP contribution in [0.5, 0.6) is 0 Å². The van der Waals surface area contributed by atoms with Gasteiger partial charge in [0.2, 0.25) is 5.95 Å². The summed E-state index contributed by atoms with van der Waals surface area (Å²) in [5.41, 5.74) is 7.29. The molecular weight excluding hydrogens is 368 g/mol. The summed E-state index contributed by atoms with van der Waals surface area (Å²) >= 11 is 5.91. The van der Waals surface area contributed by atoms with Crippen LogP contribution in [-0.2, 0) is 16.0 Å². The number of nitrogen functional groups attached to an aromatic ring is 1. The molecule has 27 heavy (non-hydrogen) atoms. The molecule has 8 heteroatoms. The van der Waals surface area contributed by atoms with Crippen LogP contribution in [0.3, 0.4) is 0 Å². The minimum atomic E-state index is -0.671. The third-order valence-corrected chi connectivity index (χ3v) is 3.78. The highest BCUT2D eigenvalue weighted by atomic mass is 35.5. The topological polar surface area (TPSA) is 107 Å². The highest BCUT2D eigenvalue weighted by Crippen LogP contribution is 2.21. The number of nitrogens with one attached hydrogen (secondary N) is 1. The molecule has 1 aromatic heterocycles. The lowest BCUT2D eigenvalue weighted by molar-refractivity contribution is -0.119. The number of ketones is 1. The molecule has 0 aliphatic heterocycles. The number of amides is 1. The molecule has 0 spiro atoms. The van der Waals surface area contributed by atoms with E-state index in [4.69, 9.17) is 22.1 Å². The maximum Gasteiger partial charge on any atom is 0.408 e. The molecular formula is C19H23ClN4O3. The van der Waals surface area contributed by atoms with Crippen molar-refractivity contribution in [1.82, 2.24) is 15.3 Å². The van der Waals surface area contributed by atoms with Gasteiger partial charge >= 0.3 is 6.09 Å². The van der Waals surface area contributed by atoms with Gasteiger partial charge in [-0.05, 0) is 39.7 Å². The van der Waals surface area contributed by atoms with Crippen LogP contribution < -0.4 is 11.1 Å². The largest absolute Gasteiger partial charge is 0.444 e. The molecule has 0 saturated carbocycles. The van der Waals surface area contributed by atoms with Gasteiger partial charge in [-0.3, -0.25) is 4.79 Å². The van der Waals surface area contributed by atoms with Crippen LogP contribution in [0.2, 0.25) is 5.15 Å². The van der Waals surface area contributed by atoms with Crippen molar-refractivity contribution in [3.8, 4) is 11.3 Å². The van der Waals surface area contributed by atoms with Gasteiger partial charge in [0, 0.05) is 11.6 Å². The molecule has 2 rings (SSSR count). The Labute approximate surface area is 163 Å². The van der Waals surface area contributed by atoms with Crippen LogP contribution >= 0.6 is 11.6 Å². The van der Waals surface area contributed by atoms with Crippen molar-refractivity contribution >= 4 is 29.4 Å². The minimum Gasteiger partial charge on any atom is -0.444 e. The predicted molar refractivity (Wildman–Crippen MR) is 104 cm³/mol. The molecule has 0 unspecified atom stereocenters. The van der Waals surface area contributed by atoms with Crippen LogP contribution in [0.15, 0.2) is 30.3 Å². The van der Waals surface area contributed by atoms with Crippen molar-refractivity contribution in [2.24, 2.45) is 0 Å². The van der Waals surface area contributed by atoms with Crippen LogP contribution in [0.1, 0.15) is 33.3 Å². The molecule has 0 radical (unpaired) electrons. The number of rotatable bonds is 5. The Kier molecular flexibility index (Phi) is 6.38. The van der Waals surface area contributed by atoms with Crippen LogP contribution in [0.25, 0.3) is 11.3 Å². The van der Waals surface area contributed by atoms with Gasteiger partial charge in [-0.25, -0.2) is 14.8 Å². The minimum absolute atomic E-state index is 0.0970. The standard InChI is InChI=1S/C19H23ClN4O3/c1-11(25)14(23-18(26)27-19(2,3)4)9-12-5-7-13(8-6-12)15-10-16(20)24-17(21)22-15/h5-8,10,14H,9H2,1-4H3,(H,23,26)(H2,21,22,24)/t14-/m0/s1. The van der Waals surface area contributed by atoms with Gasteiger partial charge in [0.05, 0.1) is 11.7 Å². The molecule has 1 atom stereocenters. The first kappa shape index (κ1) is 20.6. The normalized spacial score (nSPS) is 12.3. The summed E-state index contributed by atoms with van der Waals surface area (Å²) in [6.07, 6.45) is -0.271. The summed E-state index contributed by atoms with van der Waals surface area (Å²) in [6.45, 7) is 6.72. The fourth-order valence-electron chi connectivity index (χ4n) is 2.38. The van der Waals surface area contributed by atoms with Gasteiger partial charge < -0.3 is 15.8 Å². The van der Waals surface area contributed by atoms with Gasteiger partial charge in [0.25, 0.3) is 0 Å². The van der Waals surface area contributed by atoms with Crippen molar-refractivity contribution in [2.45, 2.75) is 45.8 Å². The Morgan fingerprint density at radius 3 is 2.37 bits per heavy atom. The first-order valence-electron chi connectivity index (χ1n) is 8.43. The van der Waals surface area contributed by atoms with Crippen molar-refractivity contribution in [2.75, 3.05) is 5.73 Å². The lowest BCUT2D eigenvalue weighted by Gasteiger charge is -2.22. The van der Waals surface area contributed by atoms with E-state index in [2.05, 4.69) is 15.3 Å². The zero-order valence-electron chi connectivity index (χ0n) is 15.7. The number of halogens is 1. The van der Waals surface area contributed by atoms with E-state index >= 15 is 0 Å². The highest BCUT2D eigenvalue weighted by molar-refractivity contribution is 6.29.